The summed E-state index contributed by atoms with van der Waals surface area (Å²) in [6.07, 6.45) is 2.99. The van der Waals surface area contributed by atoms with Crippen LogP contribution in [-0.4, -0.2) is 38.4 Å². The summed E-state index contributed by atoms with van der Waals surface area (Å²) >= 11 is 0. The van der Waals surface area contributed by atoms with Gasteiger partial charge in [0.05, 0.1) is 19.7 Å². The van der Waals surface area contributed by atoms with Crippen molar-refractivity contribution in [2.24, 2.45) is 0 Å². The quantitative estimate of drug-likeness (QED) is 0.236. The van der Waals surface area contributed by atoms with Gasteiger partial charge in [0.1, 0.15) is 17.3 Å². The molecule has 0 bridgehead atoms. The van der Waals surface area contributed by atoms with Gasteiger partial charge < -0.3 is 13.7 Å². The highest BCUT2D eigenvalue weighted by molar-refractivity contribution is 7.87. The van der Waals surface area contributed by atoms with E-state index in [-0.39, 0.29) is 22.5 Å². The van der Waals surface area contributed by atoms with Crippen molar-refractivity contribution in [1.29, 1.82) is 0 Å². The van der Waals surface area contributed by atoms with Crippen molar-refractivity contribution < 1.29 is 22.1 Å². The van der Waals surface area contributed by atoms with Gasteiger partial charge in [-0.15, -0.1) is 6.58 Å². The average molecular weight is 535 g/mol. The molecule has 2 heterocycles. The molecule has 0 unspecified atom stereocenters. The van der Waals surface area contributed by atoms with E-state index in [0.29, 0.717) is 28.3 Å². The third-order valence-electron chi connectivity index (χ3n) is 6.06. The topological polar surface area (TPSA) is 108 Å². The van der Waals surface area contributed by atoms with Crippen LogP contribution in [0, 0.1) is 0 Å². The van der Waals surface area contributed by atoms with Crippen LogP contribution in [0.15, 0.2) is 72.2 Å². The van der Waals surface area contributed by atoms with Gasteiger partial charge in [0.25, 0.3) is 5.56 Å². The van der Waals surface area contributed by atoms with Crippen LogP contribution in [0.3, 0.4) is 0 Å². The third kappa shape index (κ3) is 5.43. The number of ether oxygens (including phenoxy) is 2. The van der Waals surface area contributed by atoms with E-state index in [4.69, 9.17) is 18.6 Å². The van der Waals surface area contributed by atoms with Crippen molar-refractivity contribution in [3.8, 4) is 39.6 Å². The van der Waals surface area contributed by atoms with E-state index in [1.807, 2.05) is 12.1 Å². The molecule has 4 aromatic rings. The lowest BCUT2D eigenvalue weighted by Crippen LogP contribution is -2.15. The first kappa shape index (κ1) is 26.9. The zero-order valence-corrected chi connectivity index (χ0v) is 22.8. The third-order valence-corrected chi connectivity index (χ3v) is 7.15. The van der Waals surface area contributed by atoms with Crippen molar-refractivity contribution >= 4 is 21.0 Å². The van der Waals surface area contributed by atoms with Gasteiger partial charge in [-0.3, -0.25) is 14.8 Å². The minimum atomic E-state index is -3.74. The average Bonchev–Trinajstić information content (AvgIpc) is 2.87. The van der Waals surface area contributed by atoms with E-state index in [2.05, 4.69) is 32.3 Å². The van der Waals surface area contributed by atoms with Crippen LogP contribution in [-0.2, 0) is 15.5 Å². The fraction of sp³-hybridized carbons (Fsp3) is 0.241. The molecule has 0 atom stereocenters. The Labute approximate surface area is 222 Å². The molecule has 2 aromatic carbocycles. The number of rotatable bonds is 8. The second-order valence-electron chi connectivity index (χ2n) is 9.77. The Morgan fingerprint density at radius 1 is 0.974 bits per heavy atom. The fourth-order valence-corrected chi connectivity index (χ4v) is 4.99. The zero-order valence-electron chi connectivity index (χ0n) is 22.0. The molecule has 198 valence electrons. The Bertz CT molecular complexity index is 1670. The lowest BCUT2D eigenvalue weighted by atomic mass is 9.83. The van der Waals surface area contributed by atoms with Crippen LogP contribution in [0.5, 0.6) is 17.4 Å². The molecule has 8 nitrogen and oxygen atoms in total. The van der Waals surface area contributed by atoms with Gasteiger partial charge in [-0.2, -0.15) is 8.42 Å². The Morgan fingerprint density at radius 3 is 2.26 bits per heavy atom. The summed E-state index contributed by atoms with van der Waals surface area (Å²) in [4.78, 5) is 20.5. The van der Waals surface area contributed by atoms with Gasteiger partial charge in [0.15, 0.2) is 5.88 Å². The first-order chi connectivity index (χ1) is 18.0. The summed E-state index contributed by atoms with van der Waals surface area (Å²) in [5.74, 6) is 0.968. The zero-order chi connectivity index (χ0) is 27.7. The summed E-state index contributed by atoms with van der Waals surface area (Å²) < 4.78 is 40.1. The predicted octanol–water partition coefficient (Wildman–Crippen LogP) is 5.47. The largest absolute Gasteiger partial charge is 0.496 e. The Morgan fingerprint density at radius 2 is 1.68 bits per heavy atom. The molecule has 0 aliphatic carbocycles. The lowest BCUT2D eigenvalue weighted by Gasteiger charge is -2.25. The molecule has 0 fully saturated rings. The molecule has 0 aliphatic rings. The minimum absolute atomic E-state index is 0.206. The molecule has 0 radical (unpaired) electrons. The van der Waals surface area contributed by atoms with Crippen molar-refractivity contribution in [1.82, 2.24) is 9.97 Å². The van der Waals surface area contributed by atoms with Crippen LogP contribution >= 0.6 is 0 Å². The molecule has 1 N–H and O–H groups in total. The molecule has 4 rings (SSSR count). The fourth-order valence-electron chi connectivity index (χ4n) is 4.23. The van der Waals surface area contributed by atoms with Gasteiger partial charge in [-0.25, -0.2) is 0 Å². The number of methoxy groups -OCH3 is 2. The van der Waals surface area contributed by atoms with E-state index >= 15 is 0 Å². The maximum atomic E-state index is 13.0. The SMILES string of the molecule is C=CCS(=O)(=O)Oc1ccc(-c2cnc3c(-c4ccc(OC)[nH]c4=O)cc(C(C)(C)C)c(OC)c3c2)cc1. The first-order valence-corrected chi connectivity index (χ1v) is 13.5. The second kappa shape index (κ2) is 10.3. The molecule has 0 saturated carbocycles. The van der Waals surface area contributed by atoms with E-state index in [0.717, 1.165) is 22.1 Å². The van der Waals surface area contributed by atoms with Gasteiger partial charge in [0, 0.05) is 33.8 Å². The van der Waals surface area contributed by atoms with E-state index in [1.54, 1.807) is 49.7 Å². The number of aromatic amines is 1. The number of nitrogens with zero attached hydrogens (tertiary/aromatic N) is 1. The molecular weight excluding hydrogens is 504 g/mol. The van der Waals surface area contributed by atoms with Crippen LogP contribution in [0.25, 0.3) is 33.2 Å². The van der Waals surface area contributed by atoms with Gasteiger partial charge >= 0.3 is 10.1 Å². The summed E-state index contributed by atoms with van der Waals surface area (Å²) in [5.41, 5.74) is 3.70. The van der Waals surface area contributed by atoms with Crippen LogP contribution in [0.1, 0.15) is 26.3 Å². The molecule has 9 heteroatoms. The Kier molecular flexibility index (Phi) is 7.33. The summed E-state index contributed by atoms with van der Waals surface area (Å²) in [6, 6.07) is 14.0. The van der Waals surface area contributed by atoms with Crippen molar-refractivity contribution in [2.75, 3.05) is 20.0 Å². The highest BCUT2D eigenvalue weighted by Gasteiger charge is 2.25. The number of hydrogen-bond acceptors (Lipinski definition) is 7. The van der Waals surface area contributed by atoms with Crippen LogP contribution in [0.4, 0.5) is 0 Å². The van der Waals surface area contributed by atoms with Gasteiger partial charge in [0.2, 0.25) is 0 Å². The summed E-state index contributed by atoms with van der Waals surface area (Å²) in [5, 5.41) is 0.747. The van der Waals surface area contributed by atoms with Crippen LogP contribution < -0.4 is 19.2 Å². The Balaban J connectivity index is 1.89. The molecule has 0 spiro atoms. The number of aromatic nitrogens is 2. The standard InChI is InChI=1S/C29H30N2O6S/c1-7-14-38(33,34)37-20-10-8-18(9-11-20)19-15-23-26(30-17-19)22(16-24(27(23)36-6)29(2,3)4)21-12-13-25(35-5)31-28(21)32/h7-13,15-17H,1,14H2,2-6H3,(H,31,32). The predicted molar refractivity (Wildman–Crippen MR) is 150 cm³/mol. The molecule has 0 aliphatic heterocycles. The molecule has 38 heavy (non-hydrogen) atoms. The number of pyridine rings is 2. The lowest BCUT2D eigenvalue weighted by molar-refractivity contribution is 0.397. The van der Waals surface area contributed by atoms with Crippen molar-refractivity contribution in [3.05, 3.63) is 83.3 Å². The molecule has 0 amide bonds. The summed E-state index contributed by atoms with van der Waals surface area (Å²) in [6.45, 7) is 9.67. The normalized spacial score (nSPS) is 11.8. The van der Waals surface area contributed by atoms with Gasteiger partial charge in [-0.1, -0.05) is 39.0 Å². The maximum Gasteiger partial charge on any atom is 0.312 e. The van der Waals surface area contributed by atoms with E-state index in [1.165, 1.54) is 13.2 Å². The van der Waals surface area contributed by atoms with Gasteiger partial charge in [-0.05, 0) is 47.4 Å². The number of fused-ring (bicyclic) bond motifs is 1. The first-order valence-electron chi connectivity index (χ1n) is 11.9. The summed E-state index contributed by atoms with van der Waals surface area (Å²) in [7, 11) is -0.630. The number of benzene rings is 2. The highest BCUT2D eigenvalue weighted by atomic mass is 32.2. The molecule has 2 aromatic heterocycles. The maximum absolute atomic E-state index is 13.0. The number of H-pyrrole nitrogens is 1. The highest BCUT2D eigenvalue weighted by Crippen LogP contribution is 2.42. The molecular formula is C29H30N2O6S. The minimum Gasteiger partial charge on any atom is -0.496 e. The van der Waals surface area contributed by atoms with E-state index in [9.17, 15) is 13.2 Å². The number of hydrogen-bond donors (Lipinski definition) is 1. The smallest absolute Gasteiger partial charge is 0.312 e. The molecule has 0 saturated heterocycles. The van der Waals surface area contributed by atoms with E-state index < -0.39 is 10.1 Å². The monoisotopic (exact) mass is 534 g/mol. The Hall–Kier alpha value is -4.11. The number of nitrogens with one attached hydrogen (secondary N) is 1. The van der Waals surface area contributed by atoms with Crippen molar-refractivity contribution in [3.63, 3.8) is 0 Å². The second-order valence-corrected chi connectivity index (χ2v) is 11.4. The van der Waals surface area contributed by atoms with Crippen molar-refractivity contribution in [2.45, 2.75) is 26.2 Å². The van der Waals surface area contributed by atoms with Crippen LogP contribution in [0.2, 0.25) is 0 Å².